The highest BCUT2D eigenvalue weighted by molar-refractivity contribution is 6.08. The third-order valence-electron chi connectivity index (χ3n) is 3.52. The van der Waals surface area contributed by atoms with Crippen LogP contribution in [-0.4, -0.2) is 37.8 Å². The first-order chi connectivity index (χ1) is 11.3. The molecule has 23 heavy (non-hydrogen) atoms. The Hall–Kier alpha value is -3.42. The number of amides is 1. The number of aromatic amines is 1. The number of ether oxygens (including phenoxy) is 1. The van der Waals surface area contributed by atoms with Crippen molar-refractivity contribution < 1.29 is 9.53 Å². The highest BCUT2D eigenvalue weighted by Crippen LogP contribution is 2.25. The maximum absolute atomic E-state index is 12.6. The number of aromatic nitrogens is 5. The third kappa shape index (κ3) is 2.16. The molecular weight excluding hydrogens is 296 g/mol. The van der Waals surface area contributed by atoms with Gasteiger partial charge in [0.1, 0.15) is 5.75 Å². The molecule has 8 heteroatoms. The van der Waals surface area contributed by atoms with Crippen molar-refractivity contribution >= 4 is 28.3 Å². The topological polar surface area (TPSA) is 97.2 Å². The molecule has 114 valence electrons. The lowest BCUT2D eigenvalue weighted by atomic mass is 10.1. The second-order valence-corrected chi connectivity index (χ2v) is 4.90. The standard InChI is InChI=1S/C15H12N6O2/c1-23-12-6-11-9(7-17-20-11)5-10(12)15(22)19-14-8-16-13-3-2-4-18-21(13)14/h2-8H,1H3,(H,17,20)(H,19,22). The van der Waals surface area contributed by atoms with E-state index in [1.165, 1.54) is 7.11 Å². The van der Waals surface area contributed by atoms with Gasteiger partial charge in [-0.15, -0.1) is 0 Å². The first kappa shape index (κ1) is 13.3. The zero-order chi connectivity index (χ0) is 15.8. The molecule has 0 aliphatic carbocycles. The smallest absolute Gasteiger partial charge is 0.260 e. The van der Waals surface area contributed by atoms with Gasteiger partial charge in [0.15, 0.2) is 11.5 Å². The van der Waals surface area contributed by atoms with E-state index in [1.807, 2.05) is 0 Å². The van der Waals surface area contributed by atoms with Gasteiger partial charge >= 0.3 is 0 Å². The minimum absolute atomic E-state index is 0.308. The van der Waals surface area contributed by atoms with Gasteiger partial charge in [-0.05, 0) is 18.2 Å². The summed E-state index contributed by atoms with van der Waals surface area (Å²) in [6, 6.07) is 7.05. The summed E-state index contributed by atoms with van der Waals surface area (Å²) in [6.07, 6.45) is 4.84. The summed E-state index contributed by atoms with van der Waals surface area (Å²) in [5.41, 5.74) is 1.86. The van der Waals surface area contributed by atoms with Crippen molar-refractivity contribution in [2.45, 2.75) is 0 Å². The van der Waals surface area contributed by atoms with Gasteiger partial charge < -0.3 is 10.1 Å². The Labute approximate surface area is 130 Å². The van der Waals surface area contributed by atoms with Gasteiger partial charge in [0, 0.05) is 17.6 Å². The largest absolute Gasteiger partial charge is 0.496 e. The number of carbonyl (C=O) groups is 1. The van der Waals surface area contributed by atoms with Gasteiger partial charge in [0.25, 0.3) is 5.91 Å². The fourth-order valence-electron chi connectivity index (χ4n) is 2.42. The second kappa shape index (κ2) is 5.09. The van der Waals surface area contributed by atoms with Crippen LogP contribution in [0.25, 0.3) is 16.6 Å². The summed E-state index contributed by atoms with van der Waals surface area (Å²) >= 11 is 0. The molecule has 2 N–H and O–H groups in total. The van der Waals surface area contributed by atoms with Crippen molar-refractivity contribution in [3.63, 3.8) is 0 Å². The van der Waals surface area contributed by atoms with Gasteiger partial charge in [0.05, 0.1) is 30.6 Å². The summed E-state index contributed by atoms with van der Waals surface area (Å²) in [5, 5.41) is 14.6. The molecule has 4 aromatic rings. The van der Waals surface area contributed by atoms with Crippen LogP contribution in [0, 0.1) is 0 Å². The number of methoxy groups -OCH3 is 1. The minimum Gasteiger partial charge on any atom is -0.496 e. The summed E-state index contributed by atoms with van der Waals surface area (Å²) in [7, 11) is 1.52. The van der Waals surface area contributed by atoms with E-state index in [2.05, 4.69) is 25.6 Å². The Balaban J connectivity index is 1.74. The molecule has 0 aliphatic heterocycles. The first-order valence-corrected chi connectivity index (χ1v) is 6.87. The average Bonchev–Trinajstić information content (AvgIpc) is 3.20. The van der Waals surface area contributed by atoms with Crippen molar-refractivity contribution in [3.05, 3.63) is 48.4 Å². The minimum atomic E-state index is -0.308. The van der Waals surface area contributed by atoms with E-state index in [-0.39, 0.29) is 5.91 Å². The molecule has 4 rings (SSSR count). The molecule has 0 fully saturated rings. The van der Waals surface area contributed by atoms with E-state index >= 15 is 0 Å². The van der Waals surface area contributed by atoms with Crippen molar-refractivity contribution in [3.8, 4) is 5.75 Å². The van der Waals surface area contributed by atoms with Crippen LogP contribution in [0.2, 0.25) is 0 Å². The van der Waals surface area contributed by atoms with Crippen molar-refractivity contribution in [1.29, 1.82) is 0 Å². The van der Waals surface area contributed by atoms with Crippen LogP contribution in [0.15, 0.2) is 42.9 Å². The van der Waals surface area contributed by atoms with Crippen LogP contribution in [0.5, 0.6) is 5.75 Å². The van der Waals surface area contributed by atoms with Crippen LogP contribution < -0.4 is 10.1 Å². The maximum Gasteiger partial charge on any atom is 0.260 e. The highest BCUT2D eigenvalue weighted by atomic mass is 16.5. The Kier molecular flexibility index (Phi) is 2.94. The molecule has 0 saturated carbocycles. The molecule has 1 amide bonds. The number of benzene rings is 1. The van der Waals surface area contributed by atoms with Crippen molar-refractivity contribution in [2.75, 3.05) is 12.4 Å². The molecule has 0 radical (unpaired) electrons. The quantitative estimate of drug-likeness (QED) is 0.602. The van der Waals surface area contributed by atoms with E-state index in [0.29, 0.717) is 22.8 Å². The number of anilines is 1. The monoisotopic (exact) mass is 308 g/mol. The number of hydrogen-bond donors (Lipinski definition) is 2. The lowest BCUT2D eigenvalue weighted by molar-refractivity contribution is 0.102. The van der Waals surface area contributed by atoms with Gasteiger partial charge in [-0.3, -0.25) is 9.89 Å². The molecule has 1 aromatic carbocycles. The van der Waals surface area contributed by atoms with Crippen LogP contribution in [-0.2, 0) is 0 Å². The zero-order valence-corrected chi connectivity index (χ0v) is 12.1. The number of nitrogens with one attached hydrogen (secondary N) is 2. The number of rotatable bonds is 3. The van der Waals surface area contributed by atoms with Gasteiger partial charge in [-0.2, -0.15) is 14.7 Å². The Morgan fingerprint density at radius 1 is 1.35 bits per heavy atom. The molecule has 0 unspecified atom stereocenters. The van der Waals surface area contributed by atoms with Crippen molar-refractivity contribution in [2.24, 2.45) is 0 Å². The number of fused-ring (bicyclic) bond motifs is 2. The van der Waals surface area contributed by atoms with E-state index in [9.17, 15) is 4.79 Å². The Bertz CT molecular complexity index is 1020. The third-order valence-corrected chi connectivity index (χ3v) is 3.52. The second-order valence-electron chi connectivity index (χ2n) is 4.90. The fraction of sp³-hybridized carbons (Fsp3) is 0.0667. The van der Waals surface area contributed by atoms with Crippen LogP contribution in [0.4, 0.5) is 5.82 Å². The molecule has 0 spiro atoms. The zero-order valence-electron chi connectivity index (χ0n) is 12.1. The van der Waals surface area contributed by atoms with E-state index in [4.69, 9.17) is 4.74 Å². The summed E-state index contributed by atoms with van der Waals surface area (Å²) in [4.78, 5) is 16.8. The number of nitrogens with zero attached hydrogens (tertiary/aromatic N) is 4. The number of imidazole rings is 1. The molecule has 0 atom stereocenters. The first-order valence-electron chi connectivity index (χ1n) is 6.87. The highest BCUT2D eigenvalue weighted by Gasteiger charge is 2.16. The van der Waals surface area contributed by atoms with Crippen LogP contribution in [0.1, 0.15) is 10.4 Å². The van der Waals surface area contributed by atoms with E-state index in [0.717, 1.165) is 10.9 Å². The number of hydrogen-bond acceptors (Lipinski definition) is 5. The number of H-pyrrole nitrogens is 1. The van der Waals surface area contributed by atoms with E-state index < -0.39 is 0 Å². The van der Waals surface area contributed by atoms with Gasteiger partial charge in [-0.1, -0.05) is 0 Å². The number of carbonyl (C=O) groups excluding carboxylic acids is 1. The van der Waals surface area contributed by atoms with Crippen molar-refractivity contribution in [1.82, 2.24) is 24.8 Å². The molecular formula is C15H12N6O2. The predicted molar refractivity (Wildman–Crippen MR) is 83.6 cm³/mol. The molecule has 8 nitrogen and oxygen atoms in total. The fourth-order valence-corrected chi connectivity index (χ4v) is 2.42. The normalized spacial score (nSPS) is 11.0. The summed E-state index contributed by atoms with van der Waals surface area (Å²) < 4.78 is 6.86. The van der Waals surface area contributed by atoms with Crippen LogP contribution >= 0.6 is 0 Å². The predicted octanol–water partition coefficient (Wildman–Crippen LogP) is 1.87. The van der Waals surface area contributed by atoms with E-state index in [1.54, 1.807) is 47.4 Å². The lowest BCUT2D eigenvalue weighted by Crippen LogP contribution is -2.15. The molecule has 3 heterocycles. The average molecular weight is 308 g/mol. The Morgan fingerprint density at radius 2 is 2.26 bits per heavy atom. The SMILES string of the molecule is COc1cc2[nH]ncc2cc1C(=O)Nc1cnc2cccnn12. The lowest BCUT2D eigenvalue weighted by Gasteiger charge is -2.09. The van der Waals surface area contributed by atoms with Gasteiger partial charge in [0.2, 0.25) is 0 Å². The molecule has 3 aromatic heterocycles. The van der Waals surface area contributed by atoms with Crippen LogP contribution in [0.3, 0.4) is 0 Å². The summed E-state index contributed by atoms with van der Waals surface area (Å²) in [5.74, 6) is 0.637. The molecule has 0 saturated heterocycles. The molecule has 0 aliphatic rings. The maximum atomic E-state index is 12.6. The molecule has 0 bridgehead atoms. The summed E-state index contributed by atoms with van der Waals surface area (Å²) in [6.45, 7) is 0. The van der Waals surface area contributed by atoms with Gasteiger partial charge in [-0.25, -0.2) is 4.98 Å². The Morgan fingerprint density at radius 3 is 3.13 bits per heavy atom.